The van der Waals surface area contributed by atoms with E-state index in [-0.39, 0.29) is 12.5 Å². The van der Waals surface area contributed by atoms with Crippen LogP contribution in [0.15, 0.2) is 24.3 Å². The molecule has 1 rings (SSSR count). The third-order valence-electron chi connectivity index (χ3n) is 2.09. The van der Waals surface area contributed by atoms with Crippen LogP contribution in [0.25, 0.3) is 0 Å². The van der Waals surface area contributed by atoms with Crippen LogP contribution in [0, 0.1) is 0 Å². The average Bonchev–Trinajstić information content (AvgIpc) is 2.29. The highest BCUT2D eigenvalue weighted by Crippen LogP contribution is 2.12. The molecule has 0 atom stereocenters. The van der Waals surface area contributed by atoms with Gasteiger partial charge in [-0.05, 0) is 30.4 Å². The van der Waals surface area contributed by atoms with Gasteiger partial charge in [0.15, 0.2) is 0 Å². The van der Waals surface area contributed by atoms with Gasteiger partial charge < -0.3 is 16.2 Å². The Bertz CT molecular complexity index is 358. The van der Waals surface area contributed by atoms with E-state index < -0.39 is 0 Å². The fourth-order valence-electron chi connectivity index (χ4n) is 1.27. The number of aliphatic hydroxyl groups excluding tert-OH is 1. The second-order valence-electron chi connectivity index (χ2n) is 3.61. The first kappa shape index (κ1) is 13.9. The van der Waals surface area contributed by atoms with Crippen molar-refractivity contribution in [1.82, 2.24) is 0 Å². The van der Waals surface area contributed by atoms with Crippen LogP contribution in [0.2, 0.25) is 0 Å². The molecule has 0 saturated carbocycles. The minimum absolute atomic E-state index is 0.00732. The van der Waals surface area contributed by atoms with Crippen molar-refractivity contribution in [3.63, 3.8) is 0 Å². The second-order valence-corrected chi connectivity index (χ2v) is 4.84. The summed E-state index contributed by atoms with van der Waals surface area (Å²) in [5.41, 5.74) is 6.98. The largest absolute Gasteiger partial charge is 0.399 e. The quantitative estimate of drug-likeness (QED) is 0.511. The average molecular weight is 254 g/mol. The van der Waals surface area contributed by atoms with Gasteiger partial charge in [0, 0.05) is 30.2 Å². The molecule has 0 aliphatic heterocycles. The predicted octanol–water partition coefficient (Wildman–Crippen LogP) is 1.71. The number of nitrogen functional groups attached to an aromatic ring is 1. The van der Waals surface area contributed by atoms with Crippen LogP contribution < -0.4 is 11.1 Å². The molecule has 0 unspecified atom stereocenters. The standard InChI is InChI=1S/C12H18N2O2S/c13-10-3-1-4-11(9-10)14-12(16)5-8-17-7-2-6-15/h1,3-4,9,15H,2,5-8,13H2,(H,14,16). The summed E-state index contributed by atoms with van der Waals surface area (Å²) in [4.78, 5) is 11.5. The molecule has 94 valence electrons. The SMILES string of the molecule is Nc1cccc(NC(=O)CCSCCCO)c1. The third-order valence-corrected chi connectivity index (χ3v) is 3.16. The number of hydrogen-bond donors (Lipinski definition) is 3. The molecule has 1 aromatic rings. The van der Waals surface area contributed by atoms with E-state index in [0.29, 0.717) is 12.1 Å². The number of nitrogens with one attached hydrogen (secondary N) is 1. The first-order valence-electron chi connectivity index (χ1n) is 5.56. The fraction of sp³-hybridized carbons (Fsp3) is 0.417. The molecule has 0 bridgehead atoms. The van der Waals surface area contributed by atoms with Crippen molar-refractivity contribution in [2.45, 2.75) is 12.8 Å². The van der Waals surface area contributed by atoms with E-state index in [1.54, 1.807) is 30.0 Å². The van der Waals surface area contributed by atoms with Crippen LogP contribution in [0.1, 0.15) is 12.8 Å². The third kappa shape index (κ3) is 6.19. The predicted molar refractivity (Wildman–Crippen MR) is 73.1 cm³/mol. The van der Waals surface area contributed by atoms with Crippen molar-refractivity contribution in [1.29, 1.82) is 0 Å². The first-order valence-corrected chi connectivity index (χ1v) is 6.72. The summed E-state index contributed by atoms with van der Waals surface area (Å²) in [5, 5.41) is 11.4. The van der Waals surface area contributed by atoms with Gasteiger partial charge in [-0.15, -0.1) is 0 Å². The fourth-order valence-corrected chi connectivity index (χ4v) is 2.14. The Hall–Kier alpha value is -1.20. The van der Waals surface area contributed by atoms with E-state index in [4.69, 9.17) is 10.8 Å². The molecule has 0 spiro atoms. The number of carbonyl (C=O) groups is 1. The molecular weight excluding hydrogens is 236 g/mol. The smallest absolute Gasteiger partial charge is 0.225 e. The summed E-state index contributed by atoms with van der Waals surface area (Å²) in [6.45, 7) is 0.211. The van der Waals surface area contributed by atoms with Crippen molar-refractivity contribution in [3.05, 3.63) is 24.3 Å². The second kappa shape index (κ2) is 7.97. The molecule has 1 amide bonds. The first-order chi connectivity index (χ1) is 8.22. The summed E-state index contributed by atoms with van der Waals surface area (Å²) in [5.74, 6) is 1.66. The van der Waals surface area contributed by atoms with Crippen LogP contribution in [0.3, 0.4) is 0 Å². The lowest BCUT2D eigenvalue weighted by Gasteiger charge is -2.05. The van der Waals surface area contributed by atoms with E-state index in [0.717, 1.165) is 23.6 Å². The molecular formula is C12H18N2O2S. The molecule has 0 saturated heterocycles. The van der Waals surface area contributed by atoms with Crippen molar-refractivity contribution in [3.8, 4) is 0 Å². The molecule has 4 nitrogen and oxygen atoms in total. The Labute approximate surface area is 106 Å². The lowest BCUT2D eigenvalue weighted by Crippen LogP contribution is -2.12. The molecule has 0 heterocycles. The summed E-state index contributed by atoms with van der Waals surface area (Å²) < 4.78 is 0. The number of anilines is 2. The summed E-state index contributed by atoms with van der Waals surface area (Å²) in [6, 6.07) is 7.13. The van der Waals surface area contributed by atoms with Crippen LogP contribution in [-0.4, -0.2) is 29.1 Å². The Kier molecular flexibility index (Phi) is 6.50. The number of benzene rings is 1. The molecule has 17 heavy (non-hydrogen) atoms. The normalized spacial score (nSPS) is 10.2. The van der Waals surface area contributed by atoms with Gasteiger partial charge >= 0.3 is 0 Å². The summed E-state index contributed by atoms with van der Waals surface area (Å²) in [6.07, 6.45) is 1.26. The Morgan fingerprint density at radius 2 is 2.24 bits per heavy atom. The molecule has 0 aliphatic carbocycles. The molecule has 5 heteroatoms. The molecule has 0 fully saturated rings. The van der Waals surface area contributed by atoms with E-state index in [1.165, 1.54) is 0 Å². The number of amides is 1. The van der Waals surface area contributed by atoms with Crippen molar-refractivity contribution < 1.29 is 9.90 Å². The highest BCUT2D eigenvalue weighted by atomic mass is 32.2. The van der Waals surface area contributed by atoms with Gasteiger partial charge in [0.2, 0.25) is 5.91 Å². The highest BCUT2D eigenvalue weighted by Gasteiger charge is 2.02. The Morgan fingerprint density at radius 3 is 2.94 bits per heavy atom. The van der Waals surface area contributed by atoms with Crippen molar-refractivity contribution in [2.24, 2.45) is 0 Å². The number of hydrogen-bond acceptors (Lipinski definition) is 4. The molecule has 4 N–H and O–H groups in total. The number of carbonyl (C=O) groups excluding carboxylic acids is 1. The van der Waals surface area contributed by atoms with Gasteiger partial charge in [0.1, 0.15) is 0 Å². The lowest BCUT2D eigenvalue weighted by atomic mass is 10.3. The van der Waals surface area contributed by atoms with Gasteiger partial charge in [0.05, 0.1) is 0 Å². The summed E-state index contributed by atoms with van der Waals surface area (Å²) >= 11 is 1.67. The topological polar surface area (TPSA) is 75.3 Å². The maximum absolute atomic E-state index is 11.5. The zero-order valence-electron chi connectivity index (χ0n) is 9.69. The van der Waals surface area contributed by atoms with Gasteiger partial charge in [0.25, 0.3) is 0 Å². The molecule has 0 aromatic heterocycles. The van der Waals surface area contributed by atoms with Gasteiger partial charge in [-0.2, -0.15) is 11.8 Å². The zero-order chi connectivity index (χ0) is 12.5. The van der Waals surface area contributed by atoms with Crippen LogP contribution in [-0.2, 0) is 4.79 Å². The van der Waals surface area contributed by atoms with Crippen LogP contribution >= 0.6 is 11.8 Å². The minimum Gasteiger partial charge on any atom is -0.399 e. The molecule has 0 aliphatic rings. The monoisotopic (exact) mass is 254 g/mol. The molecule has 1 aromatic carbocycles. The Morgan fingerprint density at radius 1 is 1.41 bits per heavy atom. The van der Waals surface area contributed by atoms with E-state index in [1.807, 2.05) is 6.07 Å². The van der Waals surface area contributed by atoms with E-state index in [2.05, 4.69) is 5.32 Å². The van der Waals surface area contributed by atoms with Gasteiger partial charge in [-0.25, -0.2) is 0 Å². The highest BCUT2D eigenvalue weighted by molar-refractivity contribution is 7.99. The Balaban J connectivity index is 2.21. The van der Waals surface area contributed by atoms with Gasteiger partial charge in [-0.1, -0.05) is 6.07 Å². The van der Waals surface area contributed by atoms with Crippen molar-refractivity contribution in [2.75, 3.05) is 29.2 Å². The number of rotatable bonds is 7. The minimum atomic E-state index is -0.00732. The van der Waals surface area contributed by atoms with Gasteiger partial charge in [-0.3, -0.25) is 4.79 Å². The number of aliphatic hydroxyl groups is 1. The van der Waals surface area contributed by atoms with Crippen LogP contribution in [0.4, 0.5) is 11.4 Å². The maximum atomic E-state index is 11.5. The zero-order valence-corrected chi connectivity index (χ0v) is 10.5. The number of nitrogens with two attached hydrogens (primary N) is 1. The molecule has 0 radical (unpaired) electrons. The lowest BCUT2D eigenvalue weighted by molar-refractivity contribution is -0.115. The van der Waals surface area contributed by atoms with Crippen molar-refractivity contribution >= 4 is 29.0 Å². The number of thioether (sulfide) groups is 1. The summed E-state index contributed by atoms with van der Waals surface area (Å²) in [7, 11) is 0. The van der Waals surface area contributed by atoms with Crippen LogP contribution in [0.5, 0.6) is 0 Å². The maximum Gasteiger partial charge on any atom is 0.225 e. The van der Waals surface area contributed by atoms with E-state index in [9.17, 15) is 4.79 Å². The van der Waals surface area contributed by atoms with E-state index >= 15 is 0 Å².